The second kappa shape index (κ2) is 6.30. The van der Waals surface area contributed by atoms with Crippen LogP contribution in [0.15, 0.2) is 12.2 Å². The summed E-state index contributed by atoms with van der Waals surface area (Å²) < 4.78 is 0. The van der Waals surface area contributed by atoms with Gasteiger partial charge in [-0.05, 0) is 42.4 Å². The molecule has 1 aliphatic heterocycles. The van der Waals surface area contributed by atoms with E-state index in [-0.39, 0.29) is 35.9 Å². The number of rotatable bonds is 3. The Morgan fingerprint density at radius 2 is 1.91 bits per heavy atom. The Balaban J connectivity index is 1.77. The van der Waals surface area contributed by atoms with Crippen LogP contribution in [0.25, 0.3) is 0 Å². The summed E-state index contributed by atoms with van der Waals surface area (Å²) in [6.07, 6.45) is 5.60. The van der Waals surface area contributed by atoms with Gasteiger partial charge in [0.05, 0.1) is 12.2 Å². The zero-order valence-electron chi connectivity index (χ0n) is 14.7. The molecule has 0 amide bonds. The molecule has 2 fully saturated rings. The molecule has 0 aromatic heterocycles. The highest BCUT2D eigenvalue weighted by Crippen LogP contribution is 2.44. The summed E-state index contributed by atoms with van der Waals surface area (Å²) in [5.74, 6) is 1.80. The highest BCUT2D eigenvalue weighted by Gasteiger charge is 2.51. The third-order valence-electron chi connectivity index (χ3n) is 6.31. The molecule has 4 nitrogen and oxygen atoms in total. The Morgan fingerprint density at radius 3 is 2.57 bits per heavy atom. The molecular weight excluding hydrogens is 288 g/mol. The molecule has 9 unspecified atom stereocenters. The monoisotopic (exact) mass is 320 g/mol. The lowest BCUT2D eigenvalue weighted by Gasteiger charge is -2.40. The number of allylic oxidation sites excluding steroid dienone is 1. The van der Waals surface area contributed by atoms with Gasteiger partial charge in [-0.2, -0.15) is 0 Å². The molecule has 0 aromatic rings. The van der Waals surface area contributed by atoms with Crippen LogP contribution >= 0.6 is 0 Å². The number of aliphatic hydroxyl groups is 2. The first-order valence-corrected chi connectivity index (χ1v) is 9.20. The number of aliphatic hydroxyl groups excluding tert-OH is 2. The van der Waals surface area contributed by atoms with E-state index in [1.807, 2.05) is 13.8 Å². The minimum atomic E-state index is -0.651. The van der Waals surface area contributed by atoms with E-state index in [9.17, 15) is 10.2 Å². The Morgan fingerprint density at radius 1 is 1.22 bits per heavy atom. The topological polar surface area (TPSA) is 86.3 Å². The molecule has 130 valence electrons. The Kier molecular flexibility index (Phi) is 4.69. The van der Waals surface area contributed by atoms with Crippen molar-refractivity contribution in [1.29, 1.82) is 5.41 Å². The first kappa shape index (κ1) is 17.1. The smallest absolute Gasteiger partial charge is 0.0956 e. The lowest BCUT2D eigenvalue weighted by molar-refractivity contribution is 0.0543. The van der Waals surface area contributed by atoms with Crippen molar-refractivity contribution in [2.45, 2.75) is 64.8 Å². The van der Waals surface area contributed by atoms with Crippen LogP contribution in [0, 0.1) is 40.9 Å². The van der Waals surface area contributed by atoms with Gasteiger partial charge >= 0.3 is 0 Å². The molecule has 1 heterocycles. The molecule has 3 aliphatic rings. The van der Waals surface area contributed by atoms with Crippen LogP contribution in [-0.4, -0.2) is 40.2 Å². The van der Waals surface area contributed by atoms with Crippen molar-refractivity contribution in [3.8, 4) is 0 Å². The molecule has 3 rings (SSSR count). The Hall–Kier alpha value is -0.710. The summed E-state index contributed by atoms with van der Waals surface area (Å²) in [5.41, 5.74) is 0.436. The van der Waals surface area contributed by atoms with E-state index in [0.29, 0.717) is 23.5 Å². The molecule has 0 aromatic carbocycles. The van der Waals surface area contributed by atoms with Gasteiger partial charge < -0.3 is 20.9 Å². The predicted molar refractivity (Wildman–Crippen MR) is 92.5 cm³/mol. The summed E-state index contributed by atoms with van der Waals surface area (Å²) in [6.45, 7) is 8.54. The van der Waals surface area contributed by atoms with Crippen molar-refractivity contribution in [2.75, 3.05) is 0 Å². The maximum Gasteiger partial charge on any atom is 0.0956 e. The van der Waals surface area contributed by atoms with Gasteiger partial charge in [0.25, 0.3) is 0 Å². The van der Waals surface area contributed by atoms with Crippen molar-refractivity contribution in [3.05, 3.63) is 12.2 Å². The molecule has 23 heavy (non-hydrogen) atoms. The van der Waals surface area contributed by atoms with Gasteiger partial charge in [0, 0.05) is 23.7 Å². The van der Waals surface area contributed by atoms with E-state index >= 15 is 0 Å². The number of hydrogen-bond acceptors (Lipinski definition) is 4. The summed E-state index contributed by atoms with van der Waals surface area (Å²) in [4.78, 5) is 0. The minimum Gasteiger partial charge on any atom is -0.391 e. The zero-order valence-corrected chi connectivity index (χ0v) is 14.7. The van der Waals surface area contributed by atoms with Crippen molar-refractivity contribution >= 4 is 5.71 Å². The highest BCUT2D eigenvalue weighted by atomic mass is 16.3. The normalized spacial score (nSPS) is 48.0. The van der Waals surface area contributed by atoms with Crippen LogP contribution in [0.5, 0.6) is 0 Å². The molecular formula is C19H32N2O2. The van der Waals surface area contributed by atoms with Gasteiger partial charge in [0.15, 0.2) is 0 Å². The van der Waals surface area contributed by atoms with Crippen LogP contribution < -0.4 is 5.32 Å². The van der Waals surface area contributed by atoms with E-state index in [2.05, 4.69) is 31.3 Å². The second-order valence-corrected chi connectivity index (χ2v) is 8.56. The third kappa shape index (κ3) is 3.13. The molecule has 1 saturated carbocycles. The minimum absolute atomic E-state index is 0.0497. The summed E-state index contributed by atoms with van der Waals surface area (Å²) >= 11 is 0. The first-order chi connectivity index (χ1) is 10.8. The molecule has 9 atom stereocenters. The fraction of sp³-hybridized carbons (Fsp3) is 0.842. The van der Waals surface area contributed by atoms with E-state index in [0.717, 1.165) is 12.8 Å². The maximum atomic E-state index is 10.8. The largest absolute Gasteiger partial charge is 0.391 e. The third-order valence-corrected chi connectivity index (χ3v) is 6.31. The zero-order chi connectivity index (χ0) is 16.9. The van der Waals surface area contributed by atoms with Gasteiger partial charge in [-0.3, -0.25) is 0 Å². The van der Waals surface area contributed by atoms with Gasteiger partial charge in [0.1, 0.15) is 0 Å². The van der Waals surface area contributed by atoms with Crippen molar-refractivity contribution < 1.29 is 10.2 Å². The molecule has 4 N–H and O–H groups in total. The summed E-state index contributed by atoms with van der Waals surface area (Å²) in [5, 5.41) is 33.0. The quantitative estimate of drug-likeness (QED) is 0.475. The van der Waals surface area contributed by atoms with Gasteiger partial charge in [-0.25, -0.2) is 0 Å². The van der Waals surface area contributed by atoms with Crippen LogP contribution in [0.1, 0.15) is 40.5 Å². The van der Waals surface area contributed by atoms with Crippen LogP contribution in [0.4, 0.5) is 0 Å². The Bertz CT molecular complexity index is 490. The van der Waals surface area contributed by atoms with Crippen molar-refractivity contribution in [2.24, 2.45) is 35.5 Å². The molecule has 0 spiro atoms. The predicted octanol–water partition coefficient (Wildman–Crippen LogP) is 2.21. The number of fused-ring (bicyclic) bond motifs is 1. The number of nitrogens with one attached hydrogen (secondary N) is 2. The molecule has 4 heteroatoms. The van der Waals surface area contributed by atoms with E-state index in [4.69, 9.17) is 5.41 Å². The molecule has 0 radical (unpaired) electrons. The van der Waals surface area contributed by atoms with E-state index in [1.165, 1.54) is 0 Å². The SMILES string of the molecule is CC1CC(C)C2C(C=CC(C3NC3C(O)C(C)C)C(=N)C2O)C1. The Labute approximate surface area is 139 Å². The van der Waals surface area contributed by atoms with Gasteiger partial charge in [-0.15, -0.1) is 0 Å². The maximum absolute atomic E-state index is 10.8. The average molecular weight is 320 g/mol. The fourth-order valence-corrected chi connectivity index (χ4v) is 4.99. The average Bonchev–Trinajstić information content (AvgIpc) is 3.25. The lowest BCUT2D eigenvalue weighted by Crippen LogP contribution is -2.43. The van der Waals surface area contributed by atoms with E-state index in [1.54, 1.807) is 0 Å². The van der Waals surface area contributed by atoms with Crippen molar-refractivity contribution in [1.82, 2.24) is 5.32 Å². The first-order valence-electron chi connectivity index (χ1n) is 9.20. The second-order valence-electron chi connectivity index (χ2n) is 8.56. The summed E-state index contributed by atoms with van der Waals surface area (Å²) in [6, 6.07) is 0.146. The number of hydrogen-bond donors (Lipinski definition) is 4. The molecule has 0 bridgehead atoms. The van der Waals surface area contributed by atoms with Crippen LogP contribution in [0.2, 0.25) is 0 Å². The summed E-state index contributed by atoms with van der Waals surface area (Å²) in [7, 11) is 0. The van der Waals surface area contributed by atoms with Gasteiger partial charge in [-0.1, -0.05) is 39.8 Å². The molecule has 2 aliphatic carbocycles. The van der Waals surface area contributed by atoms with Crippen LogP contribution in [-0.2, 0) is 0 Å². The standard InChI is InChI=1S/C19H32N2O2/c1-9(2)18(22)17-16(21-17)13-6-5-12-8-10(3)7-11(4)14(12)19(23)15(13)20/h5-6,9-14,16-23H,7-8H2,1-4H3. The fourth-order valence-electron chi connectivity index (χ4n) is 4.99. The van der Waals surface area contributed by atoms with E-state index < -0.39 is 6.10 Å². The molecule has 1 saturated heterocycles. The lowest BCUT2D eigenvalue weighted by atomic mass is 9.66. The van der Waals surface area contributed by atoms with Gasteiger partial charge in [0.2, 0.25) is 0 Å². The van der Waals surface area contributed by atoms with Crippen molar-refractivity contribution in [3.63, 3.8) is 0 Å². The highest BCUT2D eigenvalue weighted by molar-refractivity contribution is 5.91. The van der Waals surface area contributed by atoms with Crippen LogP contribution in [0.3, 0.4) is 0 Å².